The van der Waals surface area contributed by atoms with Crippen LogP contribution < -0.4 is 10.6 Å². The Morgan fingerprint density at radius 1 is 1.04 bits per heavy atom. The Morgan fingerprint density at radius 3 is 2.25 bits per heavy atom. The molecule has 1 heterocycles. The minimum Gasteiger partial charge on any atom is -0.355 e. The summed E-state index contributed by atoms with van der Waals surface area (Å²) in [4.78, 5) is 28.5. The molecular weight excluding hydrogens is 401 g/mol. The lowest BCUT2D eigenvalue weighted by molar-refractivity contribution is 0.0962. The summed E-state index contributed by atoms with van der Waals surface area (Å²) in [5, 5.41) is 10.4. The number of carbonyl (C=O) groups excluding carboxylic acids is 2. The van der Waals surface area contributed by atoms with E-state index in [2.05, 4.69) is 20.7 Å². The van der Waals surface area contributed by atoms with E-state index < -0.39 is 5.91 Å². The molecule has 0 radical (unpaired) electrons. The van der Waals surface area contributed by atoms with Crippen LogP contribution in [-0.2, 0) is 6.42 Å². The van der Waals surface area contributed by atoms with Crippen molar-refractivity contribution in [3.05, 3.63) is 69.7 Å². The van der Waals surface area contributed by atoms with Crippen LogP contribution in [0.1, 0.15) is 33.7 Å². The van der Waals surface area contributed by atoms with Crippen LogP contribution in [0.4, 0.5) is 5.69 Å². The van der Waals surface area contributed by atoms with Gasteiger partial charge in [0.25, 0.3) is 11.8 Å². The van der Waals surface area contributed by atoms with E-state index in [0.29, 0.717) is 39.2 Å². The van der Waals surface area contributed by atoms with Gasteiger partial charge in [0.15, 0.2) is 0 Å². The number of aryl methyl sites for hydroxylation is 1. The average molecular weight is 418 g/mol. The van der Waals surface area contributed by atoms with Gasteiger partial charge in [-0.2, -0.15) is 0 Å². The van der Waals surface area contributed by atoms with Gasteiger partial charge in [-0.3, -0.25) is 9.59 Å². The molecule has 0 aliphatic heterocycles. The molecule has 0 bridgehead atoms. The Labute approximate surface area is 171 Å². The highest BCUT2D eigenvalue weighted by atomic mass is 35.5. The number of anilines is 1. The van der Waals surface area contributed by atoms with Gasteiger partial charge in [0.1, 0.15) is 11.5 Å². The van der Waals surface area contributed by atoms with Crippen molar-refractivity contribution in [3.63, 3.8) is 0 Å². The number of aromatic nitrogens is 3. The maximum atomic E-state index is 12.6. The van der Waals surface area contributed by atoms with Crippen LogP contribution in [0.5, 0.6) is 0 Å². The lowest BCUT2D eigenvalue weighted by atomic mass is 10.2. The number of para-hydroxylation sites is 1. The Kier molecular flexibility index (Phi) is 5.96. The smallest absolute Gasteiger partial charge is 0.295 e. The molecule has 9 heteroatoms. The fourth-order valence-corrected chi connectivity index (χ4v) is 3.13. The third-order valence-electron chi connectivity index (χ3n) is 3.97. The van der Waals surface area contributed by atoms with E-state index in [4.69, 9.17) is 23.2 Å². The van der Waals surface area contributed by atoms with Gasteiger partial charge in [-0.15, -0.1) is 5.10 Å². The zero-order valence-corrected chi connectivity index (χ0v) is 16.7. The third-order valence-corrected chi connectivity index (χ3v) is 4.58. The van der Waals surface area contributed by atoms with Crippen molar-refractivity contribution in [1.29, 1.82) is 0 Å². The van der Waals surface area contributed by atoms with Crippen molar-refractivity contribution in [1.82, 2.24) is 20.1 Å². The summed E-state index contributed by atoms with van der Waals surface area (Å²) in [5.74, 6) is -0.148. The van der Waals surface area contributed by atoms with Crippen LogP contribution >= 0.6 is 23.2 Å². The average Bonchev–Trinajstić information content (AvgIpc) is 3.12. The van der Waals surface area contributed by atoms with Crippen molar-refractivity contribution in [3.8, 4) is 5.69 Å². The van der Waals surface area contributed by atoms with E-state index in [1.54, 1.807) is 49.5 Å². The van der Waals surface area contributed by atoms with Gasteiger partial charge in [0.2, 0.25) is 5.82 Å². The van der Waals surface area contributed by atoms with Crippen LogP contribution in [-0.4, -0.2) is 33.6 Å². The highest BCUT2D eigenvalue weighted by molar-refractivity contribution is 6.37. The molecular formula is C19H17Cl2N5O2. The summed E-state index contributed by atoms with van der Waals surface area (Å²) in [5.41, 5.74) is 1.48. The number of halogens is 2. The van der Waals surface area contributed by atoms with Crippen molar-refractivity contribution in [2.75, 3.05) is 12.4 Å². The first-order valence-electron chi connectivity index (χ1n) is 8.48. The first kappa shape index (κ1) is 19.9. The maximum absolute atomic E-state index is 12.6. The number of amides is 2. The fraction of sp³-hybridized carbons (Fsp3) is 0.158. The van der Waals surface area contributed by atoms with Crippen LogP contribution in [0.15, 0.2) is 42.5 Å². The molecule has 2 N–H and O–H groups in total. The first-order chi connectivity index (χ1) is 13.4. The zero-order chi connectivity index (χ0) is 20.3. The van der Waals surface area contributed by atoms with Gasteiger partial charge in [-0.05, 0) is 36.4 Å². The molecule has 0 saturated heterocycles. The standard InChI is InChI=1S/C19H17Cl2N5O2/c1-3-15-24-17(25-26(15)16-13(20)5-4-6-14(16)21)19(28)23-12-9-7-11(8-10-12)18(27)22-2/h4-10H,3H2,1-2H3,(H,22,27)(H,23,28). The molecule has 2 amide bonds. The molecule has 0 aliphatic carbocycles. The minimum absolute atomic E-state index is 0.0109. The Hall–Kier alpha value is -2.90. The van der Waals surface area contributed by atoms with E-state index in [1.807, 2.05) is 6.92 Å². The van der Waals surface area contributed by atoms with Crippen LogP contribution in [0.2, 0.25) is 10.0 Å². The van der Waals surface area contributed by atoms with Crippen molar-refractivity contribution >= 4 is 40.7 Å². The van der Waals surface area contributed by atoms with E-state index >= 15 is 0 Å². The molecule has 3 rings (SSSR count). The quantitative estimate of drug-likeness (QED) is 0.661. The topological polar surface area (TPSA) is 88.9 Å². The SMILES string of the molecule is CCc1nc(C(=O)Nc2ccc(C(=O)NC)cc2)nn1-c1c(Cl)cccc1Cl. The zero-order valence-electron chi connectivity index (χ0n) is 15.2. The summed E-state index contributed by atoms with van der Waals surface area (Å²) in [6.45, 7) is 1.89. The number of hydrogen-bond donors (Lipinski definition) is 2. The van der Waals surface area contributed by atoms with Crippen molar-refractivity contribution in [2.24, 2.45) is 0 Å². The van der Waals surface area contributed by atoms with Gasteiger partial charge in [0, 0.05) is 24.7 Å². The minimum atomic E-state index is -0.482. The Balaban J connectivity index is 1.87. The number of rotatable bonds is 5. The predicted molar refractivity (Wildman–Crippen MR) is 109 cm³/mol. The number of benzene rings is 2. The third kappa shape index (κ3) is 4.00. The summed E-state index contributed by atoms with van der Waals surface area (Å²) >= 11 is 12.5. The molecule has 2 aromatic carbocycles. The van der Waals surface area contributed by atoms with E-state index in [-0.39, 0.29) is 11.7 Å². The molecule has 1 aromatic heterocycles. The second-order valence-corrected chi connectivity index (χ2v) is 6.61. The van der Waals surface area contributed by atoms with Gasteiger partial charge < -0.3 is 10.6 Å². The normalized spacial score (nSPS) is 10.6. The number of nitrogens with zero attached hydrogens (tertiary/aromatic N) is 3. The summed E-state index contributed by atoms with van der Waals surface area (Å²) < 4.78 is 1.48. The molecule has 144 valence electrons. The summed E-state index contributed by atoms with van der Waals surface area (Å²) in [6.07, 6.45) is 0.530. The molecule has 0 unspecified atom stereocenters. The fourth-order valence-electron chi connectivity index (χ4n) is 2.58. The highest BCUT2D eigenvalue weighted by Gasteiger charge is 2.20. The second kappa shape index (κ2) is 8.41. The maximum Gasteiger partial charge on any atom is 0.295 e. The lowest BCUT2D eigenvalue weighted by Gasteiger charge is -2.08. The molecule has 7 nitrogen and oxygen atoms in total. The first-order valence-corrected chi connectivity index (χ1v) is 9.24. The van der Waals surface area contributed by atoms with Crippen LogP contribution in [0.25, 0.3) is 5.69 Å². The van der Waals surface area contributed by atoms with Gasteiger partial charge in [-0.1, -0.05) is 36.2 Å². The Bertz CT molecular complexity index is 1010. The number of carbonyl (C=O) groups is 2. The van der Waals surface area contributed by atoms with E-state index in [9.17, 15) is 9.59 Å². The van der Waals surface area contributed by atoms with Crippen LogP contribution in [0, 0.1) is 0 Å². The monoisotopic (exact) mass is 417 g/mol. The van der Waals surface area contributed by atoms with Gasteiger partial charge >= 0.3 is 0 Å². The number of nitrogens with one attached hydrogen (secondary N) is 2. The molecule has 0 spiro atoms. The molecule has 28 heavy (non-hydrogen) atoms. The molecule has 0 aliphatic rings. The van der Waals surface area contributed by atoms with Crippen molar-refractivity contribution < 1.29 is 9.59 Å². The second-order valence-electron chi connectivity index (χ2n) is 5.80. The lowest BCUT2D eigenvalue weighted by Crippen LogP contribution is -2.18. The molecule has 0 fully saturated rings. The highest BCUT2D eigenvalue weighted by Crippen LogP contribution is 2.28. The van der Waals surface area contributed by atoms with E-state index in [0.717, 1.165) is 0 Å². The van der Waals surface area contributed by atoms with E-state index in [1.165, 1.54) is 4.68 Å². The van der Waals surface area contributed by atoms with Gasteiger partial charge in [0.05, 0.1) is 10.0 Å². The van der Waals surface area contributed by atoms with Crippen LogP contribution in [0.3, 0.4) is 0 Å². The summed E-state index contributed by atoms with van der Waals surface area (Å²) in [6, 6.07) is 11.6. The largest absolute Gasteiger partial charge is 0.355 e. The van der Waals surface area contributed by atoms with Crippen molar-refractivity contribution in [2.45, 2.75) is 13.3 Å². The summed E-state index contributed by atoms with van der Waals surface area (Å²) in [7, 11) is 1.55. The Morgan fingerprint density at radius 2 is 1.68 bits per heavy atom. The molecule has 0 atom stereocenters. The predicted octanol–water partition coefficient (Wildman–Crippen LogP) is 3.75. The number of hydrogen-bond acceptors (Lipinski definition) is 4. The molecule has 0 saturated carbocycles. The molecule has 3 aromatic rings. The van der Waals surface area contributed by atoms with Gasteiger partial charge in [-0.25, -0.2) is 9.67 Å².